The molecule has 0 fully saturated rings. The van der Waals surface area contributed by atoms with E-state index in [0.717, 1.165) is 19.2 Å². The van der Waals surface area contributed by atoms with Crippen molar-refractivity contribution in [3.63, 3.8) is 0 Å². The Morgan fingerprint density at radius 1 is 1.36 bits per heavy atom. The molecule has 0 aliphatic rings. The van der Waals surface area contributed by atoms with Crippen LogP contribution in [0.3, 0.4) is 0 Å². The Balaban J connectivity index is 2.33. The molecule has 0 spiro atoms. The van der Waals surface area contributed by atoms with Crippen molar-refractivity contribution >= 4 is 50.2 Å². The molecule has 2 heterocycles. The molecule has 0 amide bonds. The van der Waals surface area contributed by atoms with Crippen LogP contribution in [0.15, 0.2) is 27.4 Å². The van der Waals surface area contributed by atoms with E-state index in [1.54, 1.807) is 11.3 Å². The Hall–Kier alpha value is 0.130. The van der Waals surface area contributed by atoms with Gasteiger partial charge in [0.2, 0.25) is 0 Å². The maximum atomic E-state index is 6.10. The van der Waals surface area contributed by atoms with Gasteiger partial charge in [-0.05, 0) is 39.0 Å². The maximum absolute atomic E-state index is 6.10. The number of hydrogen-bond acceptors (Lipinski definition) is 3. The van der Waals surface area contributed by atoms with Crippen molar-refractivity contribution in [2.45, 2.75) is 6.04 Å². The lowest BCUT2D eigenvalue weighted by Gasteiger charge is -2.07. The van der Waals surface area contributed by atoms with E-state index in [0.29, 0.717) is 0 Å². The predicted molar refractivity (Wildman–Crippen MR) is 67.4 cm³/mol. The van der Waals surface area contributed by atoms with Gasteiger partial charge in [0.1, 0.15) is 0 Å². The third kappa shape index (κ3) is 2.04. The molecule has 0 aliphatic carbocycles. The molecule has 5 heteroatoms. The normalized spacial score (nSPS) is 13.1. The number of nitrogens with two attached hydrogens (primary N) is 1. The molecule has 0 aliphatic heterocycles. The molecule has 74 valence electrons. The number of halogens is 2. The van der Waals surface area contributed by atoms with Crippen LogP contribution in [0.25, 0.3) is 0 Å². The van der Waals surface area contributed by atoms with Gasteiger partial charge >= 0.3 is 0 Å². The van der Waals surface area contributed by atoms with E-state index >= 15 is 0 Å². The Bertz CT molecular complexity index is 437. The van der Waals surface area contributed by atoms with Crippen molar-refractivity contribution in [1.29, 1.82) is 0 Å². The van der Waals surface area contributed by atoms with Crippen LogP contribution in [0.1, 0.15) is 16.5 Å². The molecule has 1 nitrogen and oxygen atoms in total. The van der Waals surface area contributed by atoms with Crippen molar-refractivity contribution in [3.8, 4) is 0 Å². The lowest BCUT2D eigenvalue weighted by Crippen LogP contribution is -2.09. The van der Waals surface area contributed by atoms with Gasteiger partial charge in [0, 0.05) is 14.7 Å². The van der Waals surface area contributed by atoms with Gasteiger partial charge < -0.3 is 5.73 Å². The van der Waals surface area contributed by atoms with Crippen molar-refractivity contribution in [3.05, 3.63) is 42.1 Å². The SMILES string of the molecule is NC(c1ccc(Cl)s1)c1cscc1Br. The van der Waals surface area contributed by atoms with Gasteiger partial charge in [0.25, 0.3) is 0 Å². The van der Waals surface area contributed by atoms with Crippen molar-refractivity contribution in [2.75, 3.05) is 0 Å². The second-order valence-electron chi connectivity index (χ2n) is 2.79. The second kappa shape index (κ2) is 4.33. The highest BCUT2D eigenvalue weighted by Crippen LogP contribution is 2.34. The van der Waals surface area contributed by atoms with Crippen LogP contribution in [0.4, 0.5) is 0 Å². The van der Waals surface area contributed by atoms with E-state index in [-0.39, 0.29) is 6.04 Å². The summed E-state index contributed by atoms with van der Waals surface area (Å²) in [6.07, 6.45) is 0. The fourth-order valence-electron chi connectivity index (χ4n) is 1.16. The van der Waals surface area contributed by atoms with Gasteiger partial charge in [-0.2, -0.15) is 11.3 Å². The summed E-state index contributed by atoms with van der Waals surface area (Å²) in [5.41, 5.74) is 7.22. The Morgan fingerprint density at radius 3 is 2.64 bits per heavy atom. The fourth-order valence-corrected chi connectivity index (χ4v) is 3.82. The van der Waals surface area contributed by atoms with Gasteiger partial charge in [-0.1, -0.05) is 11.6 Å². The van der Waals surface area contributed by atoms with Gasteiger partial charge in [0.05, 0.1) is 10.4 Å². The quantitative estimate of drug-likeness (QED) is 0.880. The summed E-state index contributed by atoms with van der Waals surface area (Å²) in [4.78, 5) is 1.09. The Morgan fingerprint density at radius 2 is 2.14 bits per heavy atom. The third-order valence-electron chi connectivity index (χ3n) is 1.88. The zero-order valence-corrected chi connectivity index (χ0v) is 11.0. The van der Waals surface area contributed by atoms with Gasteiger partial charge in [-0.3, -0.25) is 0 Å². The molecule has 0 bridgehead atoms. The zero-order chi connectivity index (χ0) is 10.1. The lowest BCUT2D eigenvalue weighted by molar-refractivity contribution is 0.894. The monoisotopic (exact) mass is 307 g/mol. The van der Waals surface area contributed by atoms with Crippen molar-refractivity contribution in [1.82, 2.24) is 0 Å². The molecule has 2 N–H and O–H groups in total. The first-order valence-electron chi connectivity index (χ1n) is 3.91. The maximum Gasteiger partial charge on any atom is 0.0931 e. The Labute approximate surface area is 104 Å². The minimum absolute atomic E-state index is 0.0758. The zero-order valence-electron chi connectivity index (χ0n) is 7.04. The molecule has 1 unspecified atom stereocenters. The summed E-state index contributed by atoms with van der Waals surface area (Å²) < 4.78 is 1.85. The van der Waals surface area contributed by atoms with Gasteiger partial charge in [0.15, 0.2) is 0 Å². The minimum atomic E-state index is -0.0758. The number of rotatable bonds is 2. The third-order valence-corrected chi connectivity index (χ3v) is 4.94. The van der Waals surface area contributed by atoms with E-state index in [1.807, 2.05) is 17.5 Å². The number of hydrogen-bond donors (Lipinski definition) is 1. The summed E-state index contributed by atoms with van der Waals surface area (Å²) in [5, 5.41) is 4.09. The first-order chi connectivity index (χ1) is 6.68. The van der Waals surface area contributed by atoms with E-state index in [1.165, 1.54) is 11.3 Å². The highest BCUT2D eigenvalue weighted by atomic mass is 79.9. The van der Waals surface area contributed by atoms with Crippen LogP contribution in [0.2, 0.25) is 4.34 Å². The molecular formula is C9H7BrClNS2. The highest BCUT2D eigenvalue weighted by molar-refractivity contribution is 9.10. The molecule has 0 radical (unpaired) electrons. The molecule has 1 atom stereocenters. The first kappa shape index (κ1) is 10.6. The Kier molecular flexibility index (Phi) is 3.29. The topological polar surface area (TPSA) is 26.0 Å². The average Bonchev–Trinajstić information content (AvgIpc) is 2.73. The van der Waals surface area contributed by atoms with Crippen LogP contribution in [-0.4, -0.2) is 0 Å². The molecule has 14 heavy (non-hydrogen) atoms. The average molecular weight is 309 g/mol. The van der Waals surface area contributed by atoms with Gasteiger partial charge in [-0.25, -0.2) is 0 Å². The van der Waals surface area contributed by atoms with Crippen LogP contribution < -0.4 is 5.73 Å². The minimum Gasteiger partial charge on any atom is -0.320 e. The summed E-state index contributed by atoms with van der Waals surface area (Å²) >= 11 is 12.5. The van der Waals surface area contributed by atoms with E-state index in [9.17, 15) is 0 Å². The lowest BCUT2D eigenvalue weighted by atomic mass is 10.1. The summed E-state index contributed by atoms with van der Waals surface area (Å²) in [6.45, 7) is 0. The van der Waals surface area contributed by atoms with E-state index in [2.05, 4.69) is 21.3 Å². The van der Waals surface area contributed by atoms with Gasteiger partial charge in [-0.15, -0.1) is 11.3 Å². The van der Waals surface area contributed by atoms with Crippen molar-refractivity contribution < 1.29 is 0 Å². The van der Waals surface area contributed by atoms with Crippen LogP contribution in [0, 0.1) is 0 Å². The molecule has 2 rings (SSSR count). The largest absolute Gasteiger partial charge is 0.320 e. The van der Waals surface area contributed by atoms with Crippen LogP contribution in [-0.2, 0) is 0 Å². The smallest absolute Gasteiger partial charge is 0.0931 e. The van der Waals surface area contributed by atoms with Crippen molar-refractivity contribution in [2.24, 2.45) is 5.73 Å². The summed E-state index contributed by atoms with van der Waals surface area (Å²) in [5.74, 6) is 0. The molecular weight excluding hydrogens is 302 g/mol. The molecule has 0 aromatic carbocycles. The number of thiophene rings is 2. The van der Waals surface area contributed by atoms with Crippen LogP contribution in [0.5, 0.6) is 0 Å². The van der Waals surface area contributed by atoms with E-state index < -0.39 is 0 Å². The standard InChI is InChI=1S/C9H7BrClNS2/c10-6-4-13-3-5(6)9(12)7-1-2-8(11)14-7/h1-4,9H,12H2. The summed E-state index contributed by atoms with van der Waals surface area (Å²) in [6, 6.07) is 3.77. The highest BCUT2D eigenvalue weighted by Gasteiger charge is 2.14. The van der Waals surface area contributed by atoms with Crippen LogP contribution >= 0.6 is 50.2 Å². The molecule has 2 aromatic rings. The second-order valence-corrected chi connectivity index (χ2v) is 6.14. The molecule has 0 saturated carbocycles. The first-order valence-corrected chi connectivity index (χ1v) is 6.84. The predicted octanol–water partition coefficient (Wildman–Crippen LogP) is 4.27. The van der Waals surface area contributed by atoms with E-state index in [4.69, 9.17) is 17.3 Å². The molecule has 0 saturated heterocycles. The molecule has 2 aromatic heterocycles. The fraction of sp³-hybridized carbons (Fsp3) is 0.111. The summed E-state index contributed by atoms with van der Waals surface area (Å²) in [7, 11) is 0.